The summed E-state index contributed by atoms with van der Waals surface area (Å²) in [5, 5.41) is 14.7. The monoisotopic (exact) mass is 367 g/mol. The average Bonchev–Trinajstić information content (AvgIpc) is 3.07. The molecular weight excluding hydrogens is 354 g/mol. The van der Waals surface area contributed by atoms with Crippen molar-refractivity contribution in [1.29, 1.82) is 0 Å². The van der Waals surface area contributed by atoms with Crippen LogP contribution < -0.4 is 10.5 Å². The molecule has 0 spiro atoms. The summed E-state index contributed by atoms with van der Waals surface area (Å²) in [4.78, 5) is 20.1. The van der Waals surface area contributed by atoms with Crippen LogP contribution in [0.3, 0.4) is 0 Å². The van der Waals surface area contributed by atoms with Gasteiger partial charge in [-0.05, 0) is 36.4 Å². The molecule has 0 unspecified atom stereocenters. The second-order valence-corrected chi connectivity index (χ2v) is 6.17. The van der Waals surface area contributed by atoms with Crippen molar-refractivity contribution in [3.05, 3.63) is 70.2 Å². The molecule has 0 aliphatic heterocycles. The quantitative estimate of drug-likeness (QED) is 0.580. The molecule has 8 heteroatoms. The number of aromatic nitrogens is 4. The second-order valence-electron chi connectivity index (χ2n) is 5.77. The van der Waals surface area contributed by atoms with Crippen LogP contribution in [-0.2, 0) is 0 Å². The van der Waals surface area contributed by atoms with E-state index >= 15 is 0 Å². The lowest BCUT2D eigenvalue weighted by molar-refractivity contribution is 0.475. The third kappa shape index (κ3) is 2.89. The summed E-state index contributed by atoms with van der Waals surface area (Å²) in [5.74, 6) is 0.623. The predicted molar refractivity (Wildman–Crippen MR) is 100 cm³/mol. The number of halogens is 1. The Bertz CT molecular complexity index is 1150. The lowest BCUT2D eigenvalue weighted by Crippen LogP contribution is -2.13. The predicted octanol–water partition coefficient (Wildman–Crippen LogP) is 3.21. The van der Waals surface area contributed by atoms with Gasteiger partial charge in [-0.15, -0.1) is 5.10 Å². The summed E-state index contributed by atoms with van der Waals surface area (Å²) in [6.45, 7) is 0. The lowest BCUT2D eigenvalue weighted by atomic mass is 10.1. The van der Waals surface area contributed by atoms with E-state index in [2.05, 4.69) is 15.1 Å². The highest BCUT2D eigenvalue weighted by Crippen LogP contribution is 2.31. The van der Waals surface area contributed by atoms with Gasteiger partial charge in [-0.3, -0.25) is 4.79 Å². The zero-order valence-electron chi connectivity index (χ0n) is 13.7. The number of nitrogens with zero attached hydrogens (tertiary/aromatic N) is 4. The van der Waals surface area contributed by atoms with Crippen LogP contribution in [0.25, 0.3) is 16.8 Å². The highest BCUT2D eigenvalue weighted by molar-refractivity contribution is 6.33. The van der Waals surface area contributed by atoms with Gasteiger partial charge in [0.1, 0.15) is 5.75 Å². The van der Waals surface area contributed by atoms with E-state index in [1.807, 2.05) is 19.2 Å². The lowest BCUT2D eigenvalue weighted by Gasteiger charge is -2.13. The number of phenolic OH excluding ortho intramolecular Hbond substituents is 1. The molecule has 26 heavy (non-hydrogen) atoms. The van der Waals surface area contributed by atoms with Crippen LogP contribution in [0.5, 0.6) is 5.75 Å². The molecule has 0 amide bonds. The second kappa shape index (κ2) is 6.20. The molecule has 0 atom stereocenters. The Labute approximate surface area is 153 Å². The van der Waals surface area contributed by atoms with Gasteiger partial charge in [0.25, 0.3) is 0 Å². The summed E-state index contributed by atoms with van der Waals surface area (Å²) in [7, 11) is 1.81. The highest BCUT2D eigenvalue weighted by Gasteiger charge is 2.12. The maximum Gasteiger partial charge on any atom is 0.249 e. The van der Waals surface area contributed by atoms with Crippen molar-refractivity contribution in [2.45, 2.75) is 0 Å². The minimum absolute atomic E-state index is 0.140. The maximum absolute atomic E-state index is 11.2. The van der Waals surface area contributed by atoms with Gasteiger partial charge in [-0.25, -0.2) is 4.52 Å². The largest absolute Gasteiger partial charge is 0.508 e. The van der Waals surface area contributed by atoms with Crippen molar-refractivity contribution >= 4 is 28.9 Å². The molecule has 130 valence electrons. The van der Waals surface area contributed by atoms with E-state index in [1.165, 1.54) is 12.1 Å². The van der Waals surface area contributed by atoms with Crippen molar-refractivity contribution in [2.24, 2.45) is 0 Å². The number of benzene rings is 1. The summed E-state index contributed by atoms with van der Waals surface area (Å²) in [6, 6.07) is 11.6. The average molecular weight is 368 g/mol. The third-order valence-electron chi connectivity index (χ3n) is 4.04. The van der Waals surface area contributed by atoms with Crippen LogP contribution in [0.1, 0.15) is 0 Å². The molecule has 0 fully saturated rings. The zero-order chi connectivity index (χ0) is 18.3. The number of phenols is 1. The first-order valence-corrected chi connectivity index (χ1v) is 8.17. The molecule has 4 rings (SSSR count). The van der Waals surface area contributed by atoms with Gasteiger partial charge in [-0.2, -0.15) is 4.98 Å². The van der Waals surface area contributed by atoms with Crippen molar-refractivity contribution in [3.63, 3.8) is 0 Å². The number of aromatic amines is 1. The summed E-state index contributed by atoms with van der Waals surface area (Å²) >= 11 is 6.24. The van der Waals surface area contributed by atoms with Crippen molar-refractivity contribution in [1.82, 2.24) is 19.6 Å². The van der Waals surface area contributed by atoms with Crippen molar-refractivity contribution < 1.29 is 5.11 Å². The summed E-state index contributed by atoms with van der Waals surface area (Å²) in [5.41, 5.74) is 2.77. The minimum atomic E-state index is -0.169. The fourth-order valence-electron chi connectivity index (χ4n) is 2.63. The van der Waals surface area contributed by atoms with E-state index in [0.29, 0.717) is 22.2 Å². The molecule has 0 saturated carbocycles. The molecule has 3 aromatic heterocycles. The van der Waals surface area contributed by atoms with Crippen LogP contribution >= 0.6 is 11.6 Å². The Balaban J connectivity index is 1.75. The van der Waals surface area contributed by atoms with Gasteiger partial charge < -0.3 is 15.0 Å². The Morgan fingerprint density at radius 1 is 1.19 bits per heavy atom. The molecule has 3 heterocycles. The highest BCUT2D eigenvalue weighted by atomic mass is 35.5. The van der Waals surface area contributed by atoms with Crippen LogP contribution in [0.4, 0.5) is 11.6 Å². The molecule has 2 N–H and O–H groups in total. The van der Waals surface area contributed by atoms with E-state index in [1.54, 1.807) is 40.0 Å². The van der Waals surface area contributed by atoms with Crippen LogP contribution in [0.2, 0.25) is 5.02 Å². The maximum atomic E-state index is 11.2. The molecule has 0 aliphatic rings. The van der Waals surface area contributed by atoms with Gasteiger partial charge in [-0.1, -0.05) is 11.6 Å². The standard InChI is InChI=1S/C18H14ClN5O2/c1-23(12-3-7-17(26)20-9-12)18-21-16-6-2-11(10-24(16)22-18)14-8-13(25)4-5-15(14)19/h2-10,25H,1H3,(H,20,26). The SMILES string of the molecule is CN(c1ccc(=O)[nH]c1)c1nc2ccc(-c3cc(O)ccc3Cl)cn2n1. The number of aromatic hydroxyl groups is 1. The topological polar surface area (TPSA) is 86.5 Å². The van der Waals surface area contributed by atoms with Crippen LogP contribution in [0, 0.1) is 0 Å². The van der Waals surface area contributed by atoms with Crippen molar-refractivity contribution in [2.75, 3.05) is 11.9 Å². The van der Waals surface area contributed by atoms with E-state index in [-0.39, 0.29) is 11.3 Å². The smallest absolute Gasteiger partial charge is 0.249 e. The molecule has 1 aromatic carbocycles. The number of rotatable bonds is 3. The zero-order valence-corrected chi connectivity index (χ0v) is 14.5. The first-order chi connectivity index (χ1) is 12.5. The first-order valence-electron chi connectivity index (χ1n) is 7.79. The van der Waals surface area contributed by atoms with Gasteiger partial charge in [0, 0.05) is 41.7 Å². The Kier molecular flexibility index (Phi) is 3.85. The molecule has 0 aliphatic carbocycles. The third-order valence-corrected chi connectivity index (χ3v) is 4.37. The van der Waals surface area contributed by atoms with Crippen LogP contribution in [0.15, 0.2) is 59.7 Å². The number of hydrogen-bond acceptors (Lipinski definition) is 5. The normalized spacial score (nSPS) is 11.0. The molecular formula is C18H14ClN5O2. The van der Waals surface area contributed by atoms with Gasteiger partial charge in [0.05, 0.1) is 5.69 Å². The molecule has 7 nitrogen and oxygen atoms in total. The van der Waals surface area contributed by atoms with Gasteiger partial charge in [0.15, 0.2) is 5.65 Å². The van der Waals surface area contributed by atoms with E-state index in [9.17, 15) is 9.90 Å². The van der Waals surface area contributed by atoms with E-state index in [4.69, 9.17) is 11.6 Å². The number of H-pyrrole nitrogens is 1. The minimum Gasteiger partial charge on any atom is -0.508 e. The number of anilines is 2. The Hall–Kier alpha value is -3.32. The van der Waals surface area contributed by atoms with Crippen molar-refractivity contribution in [3.8, 4) is 16.9 Å². The number of hydrogen-bond donors (Lipinski definition) is 2. The fraction of sp³-hybridized carbons (Fsp3) is 0.0556. The number of fused-ring (bicyclic) bond motifs is 1. The van der Waals surface area contributed by atoms with E-state index in [0.717, 1.165) is 11.3 Å². The first kappa shape index (κ1) is 16.2. The van der Waals surface area contributed by atoms with Gasteiger partial charge in [0.2, 0.25) is 11.5 Å². The molecule has 4 aromatic rings. The fourth-order valence-corrected chi connectivity index (χ4v) is 2.86. The van der Waals surface area contributed by atoms with Crippen LogP contribution in [-0.4, -0.2) is 31.7 Å². The van der Waals surface area contributed by atoms with Gasteiger partial charge >= 0.3 is 0 Å². The number of pyridine rings is 2. The Morgan fingerprint density at radius 2 is 2.04 bits per heavy atom. The molecule has 0 radical (unpaired) electrons. The molecule has 0 saturated heterocycles. The Morgan fingerprint density at radius 3 is 2.81 bits per heavy atom. The summed E-state index contributed by atoms with van der Waals surface area (Å²) < 4.78 is 1.65. The number of nitrogens with one attached hydrogen (secondary N) is 1. The van der Waals surface area contributed by atoms with E-state index < -0.39 is 0 Å². The summed E-state index contributed by atoms with van der Waals surface area (Å²) in [6.07, 6.45) is 3.40. The molecule has 0 bridgehead atoms.